The van der Waals surface area contributed by atoms with Gasteiger partial charge in [0.1, 0.15) is 5.84 Å². The van der Waals surface area contributed by atoms with E-state index < -0.39 is 11.1 Å². The van der Waals surface area contributed by atoms with Crippen LogP contribution in [0.15, 0.2) is 64.5 Å². The molecule has 2 heterocycles. The normalized spacial score (nSPS) is 15.3. The van der Waals surface area contributed by atoms with Crippen molar-refractivity contribution in [2.75, 3.05) is 11.1 Å². The topological polar surface area (TPSA) is 158 Å². The number of carbonyl (C=O) groups is 2. The Kier molecular flexibility index (Phi) is 4.79. The SMILES string of the molecule is CC1=Nc2cc(S(=O)O)ccc2NC(=O)c2cc(C)c3c4ccc5c6c(cc(N)c(c7ccc1c2c73)c64)C(=O)NC5=N. The predicted octanol–water partition coefficient (Wildman–Crippen LogP) is 5.98. The lowest BCUT2D eigenvalue weighted by atomic mass is 9.81. The Morgan fingerprint density at radius 3 is 2.17 bits per heavy atom. The number of benzene rings is 6. The van der Waals surface area contributed by atoms with Gasteiger partial charge in [0.2, 0.25) is 0 Å². The molecule has 0 saturated heterocycles. The van der Waals surface area contributed by atoms with E-state index in [9.17, 15) is 18.4 Å². The Labute approximate surface area is 240 Å². The number of rotatable bonds is 1. The second-order valence-electron chi connectivity index (χ2n) is 10.7. The van der Waals surface area contributed by atoms with Crippen molar-refractivity contribution in [2.45, 2.75) is 18.7 Å². The fraction of sp³-hybridized carbons (Fsp3) is 0.0625. The van der Waals surface area contributed by atoms with E-state index in [-0.39, 0.29) is 22.5 Å². The minimum Gasteiger partial charge on any atom is -0.398 e. The first-order valence-electron chi connectivity index (χ1n) is 13.2. The fourth-order valence-corrected chi connectivity index (χ4v) is 7.10. The maximum atomic E-state index is 13.9. The third-order valence-corrected chi connectivity index (χ3v) is 9.08. The van der Waals surface area contributed by atoms with Crippen molar-refractivity contribution in [2.24, 2.45) is 4.99 Å². The van der Waals surface area contributed by atoms with Gasteiger partial charge in [0.05, 0.1) is 21.8 Å². The fourth-order valence-electron chi connectivity index (χ4n) is 6.71. The Morgan fingerprint density at radius 2 is 1.40 bits per heavy atom. The van der Waals surface area contributed by atoms with Crippen molar-refractivity contribution in [1.82, 2.24) is 5.32 Å². The summed E-state index contributed by atoms with van der Waals surface area (Å²) < 4.78 is 21.4. The Hall–Kier alpha value is -5.19. The van der Waals surface area contributed by atoms with Crippen LogP contribution in [0.1, 0.15) is 44.3 Å². The molecule has 1 atom stereocenters. The van der Waals surface area contributed by atoms with Gasteiger partial charge < -0.3 is 20.9 Å². The van der Waals surface area contributed by atoms with Crippen LogP contribution in [0.25, 0.3) is 43.1 Å². The van der Waals surface area contributed by atoms with E-state index in [0.29, 0.717) is 44.9 Å². The van der Waals surface area contributed by atoms with Gasteiger partial charge in [-0.3, -0.25) is 20.0 Å². The van der Waals surface area contributed by atoms with Crippen LogP contribution in [0.5, 0.6) is 0 Å². The zero-order valence-corrected chi connectivity index (χ0v) is 23.1. The van der Waals surface area contributed by atoms with E-state index in [1.165, 1.54) is 12.1 Å². The first-order chi connectivity index (χ1) is 20.1. The van der Waals surface area contributed by atoms with Crippen LogP contribution in [0, 0.1) is 12.3 Å². The van der Waals surface area contributed by atoms with Gasteiger partial charge in [0, 0.05) is 49.6 Å². The second-order valence-corrected chi connectivity index (χ2v) is 11.7. The summed E-state index contributed by atoms with van der Waals surface area (Å²) in [5.41, 5.74) is 11.7. The molecule has 0 bridgehead atoms. The van der Waals surface area contributed by atoms with Crippen LogP contribution in [0.4, 0.5) is 17.1 Å². The molecule has 0 saturated carbocycles. The summed E-state index contributed by atoms with van der Waals surface area (Å²) in [4.78, 5) is 31.8. The second kappa shape index (κ2) is 8.19. The van der Waals surface area contributed by atoms with Crippen LogP contribution >= 0.6 is 0 Å². The third kappa shape index (κ3) is 3.07. The molecule has 9 nitrogen and oxygen atoms in total. The van der Waals surface area contributed by atoms with E-state index in [0.717, 1.165) is 48.8 Å². The van der Waals surface area contributed by atoms with Gasteiger partial charge in [-0.25, -0.2) is 4.21 Å². The average molecular weight is 572 g/mol. The first kappa shape index (κ1) is 24.6. The summed E-state index contributed by atoms with van der Waals surface area (Å²) in [7, 11) is 0. The zero-order valence-electron chi connectivity index (χ0n) is 22.3. The number of nitrogens with two attached hydrogens (primary N) is 1. The molecular formula is C32H21N5O4S. The smallest absolute Gasteiger partial charge is 0.257 e. The van der Waals surface area contributed by atoms with Crippen LogP contribution in [0.2, 0.25) is 0 Å². The molecule has 2 aliphatic rings. The number of nitrogen functional groups attached to an aromatic ring is 1. The van der Waals surface area contributed by atoms with Crippen LogP contribution in [-0.4, -0.2) is 32.1 Å². The van der Waals surface area contributed by atoms with Gasteiger partial charge in [-0.15, -0.1) is 0 Å². The molecule has 8 rings (SSSR count). The van der Waals surface area contributed by atoms with E-state index in [1.54, 1.807) is 12.1 Å². The largest absolute Gasteiger partial charge is 0.398 e. The van der Waals surface area contributed by atoms with Gasteiger partial charge >= 0.3 is 0 Å². The summed E-state index contributed by atoms with van der Waals surface area (Å²) >= 11 is -2.21. The summed E-state index contributed by atoms with van der Waals surface area (Å²) in [6.45, 7) is 3.81. The Bertz CT molecular complexity index is 2380. The van der Waals surface area contributed by atoms with Crippen molar-refractivity contribution < 1.29 is 18.4 Å². The van der Waals surface area contributed by atoms with Crippen LogP contribution in [0.3, 0.4) is 0 Å². The molecule has 10 heteroatoms. The molecule has 0 aromatic heterocycles. The van der Waals surface area contributed by atoms with Crippen molar-refractivity contribution in [1.29, 1.82) is 5.41 Å². The maximum Gasteiger partial charge on any atom is 0.257 e. The molecule has 204 valence electrons. The van der Waals surface area contributed by atoms with E-state index in [4.69, 9.17) is 16.1 Å². The molecule has 6 N–H and O–H groups in total. The number of fused-ring (bicyclic) bond motifs is 3. The molecule has 42 heavy (non-hydrogen) atoms. The Morgan fingerprint density at radius 1 is 0.762 bits per heavy atom. The molecule has 0 radical (unpaired) electrons. The number of amidine groups is 1. The number of nitrogens with one attached hydrogen (secondary N) is 3. The molecule has 0 aliphatic carbocycles. The van der Waals surface area contributed by atoms with Gasteiger partial charge in [-0.1, -0.05) is 18.2 Å². The average Bonchev–Trinajstić information content (AvgIpc) is 2.99. The maximum absolute atomic E-state index is 13.9. The molecule has 6 aromatic carbocycles. The van der Waals surface area contributed by atoms with Crippen molar-refractivity contribution in [3.63, 3.8) is 0 Å². The highest BCUT2D eigenvalue weighted by atomic mass is 32.2. The number of anilines is 2. The Balaban J connectivity index is 1.57. The molecule has 6 aromatic rings. The molecule has 0 fully saturated rings. The highest BCUT2D eigenvalue weighted by Gasteiger charge is 2.29. The quantitative estimate of drug-likeness (QED) is 0.0709. The third-order valence-electron chi connectivity index (χ3n) is 8.43. The van der Waals surface area contributed by atoms with Gasteiger partial charge in [0.25, 0.3) is 11.8 Å². The summed E-state index contributed by atoms with van der Waals surface area (Å²) in [6, 6.07) is 15.8. The van der Waals surface area contributed by atoms with Gasteiger partial charge in [0.15, 0.2) is 11.1 Å². The zero-order chi connectivity index (χ0) is 29.2. The lowest BCUT2D eigenvalue weighted by molar-refractivity contribution is 0.0976. The number of hydrogen-bond acceptors (Lipinski definition) is 6. The highest BCUT2D eigenvalue weighted by Crippen LogP contribution is 2.48. The standard InChI is InChI=1S/C32H21N5O4S/c1-12-9-19-25-15(13(2)35-23-10-14(42(40)41)3-8-22(23)36-31(19)38)4-5-17-27-21(33)11-20-26-18(30(34)37-32(20)39)7-6-16(29(26)27)24(12)28(17)25/h3-11H,33H2,1-2H3,(H,36,38)(H,40,41)(H2,34,37,39). The van der Waals surface area contributed by atoms with Gasteiger partial charge in [-0.2, -0.15) is 0 Å². The summed E-state index contributed by atoms with van der Waals surface area (Å²) in [5, 5.41) is 20.5. The van der Waals surface area contributed by atoms with E-state index in [1.807, 2.05) is 44.2 Å². The number of hydrogen-bond donors (Lipinski definition) is 5. The van der Waals surface area contributed by atoms with Crippen LogP contribution < -0.4 is 16.4 Å². The minimum atomic E-state index is -2.21. The first-order valence-corrected chi connectivity index (χ1v) is 14.3. The van der Waals surface area contributed by atoms with Crippen molar-refractivity contribution in [3.8, 4) is 0 Å². The number of carbonyl (C=O) groups excluding carboxylic acids is 2. The van der Waals surface area contributed by atoms with Crippen molar-refractivity contribution >= 4 is 94.6 Å². The minimum absolute atomic E-state index is 0.0442. The highest BCUT2D eigenvalue weighted by molar-refractivity contribution is 7.79. The van der Waals surface area contributed by atoms with E-state index >= 15 is 0 Å². The lowest BCUT2D eigenvalue weighted by Gasteiger charge is -2.25. The molecule has 2 aliphatic heterocycles. The molecule has 0 spiro atoms. The summed E-state index contributed by atoms with van der Waals surface area (Å²) in [6.07, 6.45) is 0. The van der Waals surface area contributed by atoms with Gasteiger partial charge in [-0.05, 0) is 77.4 Å². The van der Waals surface area contributed by atoms with Crippen LogP contribution in [-0.2, 0) is 11.1 Å². The van der Waals surface area contributed by atoms with Crippen molar-refractivity contribution in [3.05, 3.63) is 82.4 Å². The monoisotopic (exact) mass is 571 g/mol. The number of aryl methyl sites for hydroxylation is 1. The lowest BCUT2D eigenvalue weighted by Crippen LogP contribution is -2.34. The molecule has 2 amide bonds. The number of aliphatic imine (C=N–C) groups is 1. The predicted molar refractivity (Wildman–Crippen MR) is 166 cm³/mol. The molecule has 1 unspecified atom stereocenters. The molecular weight excluding hydrogens is 550 g/mol. The summed E-state index contributed by atoms with van der Waals surface area (Å²) in [5.74, 6) is -0.653. The number of nitrogens with zero attached hydrogens (tertiary/aromatic N) is 1. The number of amides is 2. The van der Waals surface area contributed by atoms with E-state index in [2.05, 4.69) is 10.6 Å².